The molecule has 30 heavy (non-hydrogen) atoms. The van der Waals surface area contributed by atoms with Crippen LogP contribution in [0.5, 0.6) is 5.75 Å². The number of rotatable bonds is 5. The Morgan fingerprint density at radius 2 is 1.83 bits per heavy atom. The summed E-state index contributed by atoms with van der Waals surface area (Å²) < 4.78 is 47.7. The smallest absolute Gasteiger partial charge is 0.406 e. The van der Waals surface area contributed by atoms with Gasteiger partial charge in [-0.25, -0.2) is 9.97 Å². The molecule has 3 heterocycles. The second-order valence-corrected chi connectivity index (χ2v) is 6.61. The Kier molecular flexibility index (Phi) is 5.24. The quantitative estimate of drug-likeness (QED) is 0.486. The molecule has 9 nitrogen and oxygen atoms in total. The van der Waals surface area contributed by atoms with Gasteiger partial charge in [-0.05, 0) is 30.3 Å². The fourth-order valence-electron chi connectivity index (χ4n) is 3.26. The number of aliphatic hydroxyl groups is 3. The zero-order valence-corrected chi connectivity index (χ0v) is 15.2. The highest BCUT2D eigenvalue weighted by Crippen LogP contribution is 2.34. The molecule has 4 N–H and O–H groups in total. The van der Waals surface area contributed by atoms with Crippen LogP contribution in [0.1, 0.15) is 6.23 Å². The van der Waals surface area contributed by atoms with Gasteiger partial charge in [0.15, 0.2) is 6.23 Å². The molecule has 1 unspecified atom stereocenters. The molecule has 1 fully saturated rings. The summed E-state index contributed by atoms with van der Waals surface area (Å²) in [5.74, 6) is 0.0198. The summed E-state index contributed by atoms with van der Waals surface area (Å²) in [4.78, 5) is 8.33. The second kappa shape index (κ2) is 7.72. The molecule has 0 saturated carbocycles. The van der Waals surface area contributed by atoms with Crippen molar-refractivity contribution >= 4 is 22.5 Å². The topological polar surface area (TPSA) is 122 Å². The van der Waals surface area contributed by atoms with E-state index in [9.17, 15) is 28.5 Å². The molecule has 1 aromatic carbocycles. The number of hydrogen-bond donors (Lipinski definition) is 4. The van der Waals surface area contributed by atoms with E-state index in [1.165, 1.54) is 35.2 Å². The minimum absolute atomic E-state index is 0.351. The summed E-state index contributed by atoms with van der Waals surface area (Å²) in [5.41, 5.74) is 0.851. The average Bonchev–Trinajstić information content (AvgIpc) is 3.24. The van der Waals surface area contributed by atoms with Crippen molar-refractivity contribution in [3.63, 3.8) is 0 Å². The molecular formula is C18H17F3N4O5. The van der Waals surface area contributed by atoms with Gasteiger partial charge in [-0.1, -0.05) is 0 Å². The fourth-order valence-corrected chi connectivity index (χ4v) is 3.26. The molecule has 1 saturated heterocycles. The zero-order chi connectivity index (χ0) is 21.5. The van der Waals surface area contributed by atoms with Gasteiger partial charge in [-0.15, -0.1) is 13.2 Å². The monoisotopic (exact) mass is 426 g/mol. The molecule has 12 heteroatoms. The summed E-state index contributed by atoms with van der Waals surface area (Å²) in [6.45, 7) is -0.455. The van der Waals surface area contributed by atoms with Gasteiger partial charge in [0.25, 0.3) is 0 Å². The van der Waals surface area contributed by atoms with Gasteiger partial charge in [0, 0.05) is 11.9 Å². The van der Waals surface area contributed by atoms with Gasteiger partial charge in [-0.3, -0.25) is 0 Å². The van der Waals surface area contributed by atoms with Crippen LogP contribution < -0.4 is 10.1 Å². The van der Waals surface area contributed by atoms with Crippen molar-refractivity contribution in [2.24, 2.45) is 0 Å². The van der Waals surface area contributed by atoms with Crippen LogP contribution in [-0.4, -0.2) is 61.1 Å². The lowest BCUT2D eigenvalue weighted by molar-refractivity contribution is -0.274. The highest BCUT2D eigenvalue weighted by Gasteiger charge is 2.43. The van der Waals surface area contributed by atoms with Crippen molar-refractivity contribution in [3.8, 4) is 5.75 Å². The molecule has 0 aliphatic carbocycles. The predicted molar refractivity (Wildman–Crippen MR) is 96.9 cm³/mol. The Balaban J connectivity index is 1.58. The molecule has 0 amide bonds. The number of ether oxygens (including phenoxy) is 2. The molecule has 4 atom stereocenters. The molecule has 4 rings (SSSR count). The number of halogens is 3. The van der Waals surface area contributed by atoms with Crippen molar-refractivity contribution in [1.82, 2.24) is 14.5 Å². The number of nitrogens with zero attached hydrogens (tertiary/aromatic N) is 3. The van der Waals surface area contributed by atoms with E-state index in [-0.39, 0.29) is 5.75 Å². The fraction of sp³-hybridized carbons (Fsp3) is 0.333. The Hall–Kier alpha value is -2.93. The van der Waals surface area contributed by atoms with Crippen LogP contribution in [0, 0.1) is 0 Å². The van der Waals surface area contributed by atoms with E-state index in [1.54, 1.807) is 12.3 Å². The maximum atomic E-state index is 12.3. The first kappa shape index (κ1) is 20.3. The molecular weight excluding hydrogens is 409 g/mol. The zero-order valence-electron chi connectivity index (χ0n) is 15.2. The number of aromatic nitrogens is 3. The van der Waals surface area contributed by atoms with E-state index in [2.05, 4.69) is 20.0 Å². The van der Waals surface area contributed by atoms with Crippen LogP contribution in [0.4, 0.5) is 24.7 Å². The normalized spacial score (nSPS) is 24.3. The van der Waals surface area contributed by atoms with Crippen LogP contribution >= 0.6 is 0 Å². The first-order valence-corrected chi connectivity index (χ1v) is 8.83. The highest BCUT2D eigenvalue weighted by atomic mass is 19.4. The number of anilines is 2. The van der Waals surface area contributed by atoms with E-state index in [4.69, 9.17) is 4.74 Å². The van der Waals surface area contributed by atoms with Crippen molar-refractivity contribution in [2.45, 2.75) is 30.9 Å². The van der Waals surface area contributed by atoms with Crippen molar-refractivity contribution < 1.29 is 38.0 Å². The summed E-state index contributed by atoms with van der Waals surface area (Å²) in [5, 5.41) is 33.0. The molecule has 3 aromatic rings. The van der Waals surface area contributed by atoms with Crippen LogP contribution in [-0.2, 0) is 4.74 Å². The average molecular weight is 426 g/mol. The lowest BCUT2D eigenvalue weighted by Crippen LogP contribution is -2.33. The van der Waals surface area contributed by atoms with E-state index in [0.29, 0.717) is 22.5 Å². The summed E-state index contributed by atoms with van der Waals surface area (Å²) in [6.07, 6.45) is -6.34. The Bertz CT molecular complexity index is 1030. The third kappa shape index (κ3) is 3.89. The molecule has 0 bridgehead atoms. The first-order chi connectivity index (χ1) is 14.3. The number of aliphatic hydroxyl groups excluding tert-OH is 3. The summed E-state index contributed by atoms with van der Waals surface area (Å²) in [7, 11) is 0. The number of hydrogen-bond acceptors (Lipinski definition) is 8. The van der Waals surface area contributed by atoms with Crippen molar-refractivity contribution in [2.75, 3.05) is 11.9 Å². The van der Waals surface area contributed by atoms with E-state index in [0.717, 1.165) is 0 Å². The van der Waals surface area contributed by atoms with Crippen molar-refractivity contribution in [3.05, 3.63) is 42.9 Å². The van der Waals surface area contributed by atoms with E-state index < -0.39 is 37.5 Å². The summed E-state index contributed by atoms with van der Waals surface area (Å²) >= 11 is 0. The van der Waals surface area contributed by atoms with E-state index in [1.807, 2.05) is 0 Å². The maximum absolute atomic E-state index is 12.3. The second-order valence-electron chi connectivity index (χ2n) is 6.61. The Labute approximate surface area is 167 Å². The van der Waals surface area contributed by atoms with Gasteiger partial charge < -0.3 is 34.7 Å². The predicted octanol–water partition coefficient (Wildman–Crippen LogP) is 1.68. The minimum Gasteiger partial charge on any atom is -0.406 e. The van der Waals surface area contributed by atoms with Gasteiger partial charge in [0.2, 0.25) is 0 Å². The molecule has 1 aliphatic heterocycles. The highest BCUT2D eigenvalue weighted by molar-refractivity contribution is 5.89. The number of fused-ring (bicyclic) bond motifs is 1. The van der Waals surface area contributed by atoms with Crippen LogP contribution in [0.25, 0.3) is 11.0 Å². The van der Waals surface area contributed by atoms with Crippen LogP contribution in [0.15, 0.2) is 42.9 Å². The SMILES string of the molecule is OC[C@H]1O[C@@H](n2ccc3c(Nc4ccc(OC(F)(F)F)cc4)ncnc32)C(O)[C@@H]1O. The number of benzene rings is 1. The van der Waals surface area contributed by atoms with E-state index >= 15 is 0 Å². The lowest BCUT2D eigenvalue weighted by Gasteiger charge is -2.17. The van der Waals surface area contributed by atoms with Gasteiger partial charge in [0.05, 0.1) is 12.0 Å². The Morgan fingerprint density at radius 1 is 1.10 bits per heavy atom. The third-order valence-electron chi connectivity index (χ3n) is 4.65. The van der Waals surface area contributed by atoms with Crippen LogP contribution in [0.2, 0.25) is 0 Å². The molecule has 1 aliphatic rings. The molecule has 160 valence electrons. The number of alkyl halides is 3. The number of nitrogens with one attached hydrogen (secondary N) is 1. The van der Waals surface area contributed by atoms with Gasteiger partial charge in [0.1, 0.15) is 41.9 Å². The molecule has 0 radical (unpaired) electrons. The molecule has 2 aromatic heterocycles. The standard InChI is InChI=1S/C18H17F3N4O5/c19-18(20,21)30-10-3-1-9(2-4-10)24-15-11-5-6-25(16(11)23-8-22-15)17-14(28)13(27)12(7-26)29-17/h1-6,8,12-14,17,26-28H,7H2,(H,22,23,24)/t12-,13-,14?,17-/m1/s1. The van der Waals surface area contributed by atoms with Crippen molar-refractivity contribution in [1.29, 1.82) is 0 Å². The largest absolute Gasteiger partial charge is 0.573 e. The summed E-state index contributed by atoms with van der Waals surface area (Å²) in [6, 6.07) is 6.79. The Morgan fingerprint density at radius 3 is 2.47 bits per heavy atom. The molecule has 0 spiro atoms. The minimum atomic E-state index is -4.77. The third-order valence-corrected chi connectivity index (χ3v) is 4.65. The lowest BCUT2D eigenvalue weighted by atomic mass is 10.1. The van der Waals surface area contributed by atoms with Gasteiger partial charge in [-0.2, -0.15) is 0 Å². The maximum Gasteiger partial charge on any atom is 0.573 e. The first-order valence-electron chi connectivity index (χ1n) is 8.83. The van der Waals surface area contributed by atoms with Gasteiger partial charge >= 0.3 is 6.36 Å². The van der Waals surface area contributed by atoms with Crippen LogP contribution in [0.3, 0.4) is 0 Å².